The highest BCUT2D eigenvalue weighted by Gasteiger charge is 2.74. The summed E-state index contributed by atoms with van der Waals surface area (Å²) in [6.45, 7) is 1.54. The van der Waals surface area contributed by atoms with E-state index in [0.29, 0.717) is 6.07 Å². The molecule has 2 saturated heterocycles. The zero-order valence-electron chi connectivity index (χ0n) is 24.6. The number of sulfonamides is 1. The van der Waals surface area contributed by atoms with Gasteiger partial charge in [-0.05, 0) is 67.5 Å². The Morgan fingerprint density at radius 1 is 0.848 bits per heavy atom. The highest BCUT2D eigenvalue weighted by molar-refractivity contribution is 7.92. The van der Waals surface area contributed by atoms with Gasteiger partial charge in [-0.15, -0.1) is 0 Å². The molecule has 3 aliphatic rings. The minimum Gasteiger partial charge on any atom is -0.337 e. The molecule has 0 radical (unpaired) electrons. The molecule has 2 fully saturated rings. The lowest BCUT2D eigenvalue weighted by molar-refractivity contribution is -0.348. The van der Waals surface area contributed by atoms with E-state index in [2.05, 4.69) is 0 Å². The lowest BCUT2D eigenvalue weighted by atomic mass is 9.75. The molecule has 2 aromatic carbocycles. The lowest BCUT2D eigenvalue weighted by Gasteiger charge is -2.45. The van der Waals surface area contributed by atoms with Gasteiger partial charge in [-0.3, -0.25) is 4.79 Å². The van der Waals surface area contributed by atoms with Crippen LogP contribution in [0, 0.1) is 11.2 Å². The summed E-state index contributed by atoms with van der Waals surface area (Å²) in [4.78, 5) is 15.1. The smallest absolute Gasteiger partial charge is 0.337 e. The summed E-state index contributed by atoms with van der Waals surface area (Å²) in [5.74, 6) is -1.24. The average molecular weight is 703 g/mol. The number of piperidine rings is 1. The first-order valence-electron chi connectivity index (χ1n) is 14.2. The van der Waals surface area contributed by atoms with E-state index < -0.39 is 71.4 Å². The van der Waals surface area contributed by atoms with Gasteiger partial charge in [-0.2, -0.15) is 26.3 Å². The van der Waals surface area contributed by atoms with Gasteiger partial charge in [0.25, 0.3) is 0 Å². The Hall–Kier alpha value is -2.79. The zero-order chi connectivity index (χ0) is 34.3. The molecule has 0 bridgehead atoms. The number of benzene rings is 2. The summed E-state index contributed by atoms with van der Waals surface area (Å²) in [5.41, 5.74) is -9.01. The van der Waals surface area contributed by atoms with E-state index >= 15 is 4.39 Å². The third-order valence-electron chi connectivity index (χ3n) is 9.74. The second-order valence-corrected chi connectivity index (χ2v) is 16.6. The maximum absolute atomic E-state index is 15.0. The normalized spacial score (nSPS) is 24.4. The van der Waals surface area contributed by atoms with Gasteiger partial charge in [-0.1, -0.05) is 25.1 Å². The van der Waals surface area contributed by atoms with Crippen molar-refractivity contribution in [3.63, 3.8) is 0 Å². The van der Waals surface area contributed by atoms with Crippen LogP contribution in [0.5, 0.6) is 0 Å². The van der Waals surface area contributed by atoms with Crippen LogP contribution in [0.1, 0.15) is 49.3 Å². The van der Waals surface area contributed by atoms with Crippen molar-refractivity contribution >= 4 is 25.8 Å². The number of hydrogen-bond acceptors (Lipinski definition) is 5. The van der Waals surface area contributed by atoms with Crippen LogP contribution in [0.15, 0.2) is 47.4 Å². The maximum Gasteiger partial charge on any atom is 0.435 e. The number of rotatable bonds is 5. The van der Waals surface area contributed by atoms with Crippen LogP contribution >= 0.6 is 0 Å². The van der Waals surface area contributed by atoms with Crippen LogP contribution in [0.25, 0.3) is 0 Å². The molecule has 1 aliphatic carbocycles. The first-order chi connectivity index (χ1) is 21.0. The zero-order valence-corrected chi connectivity index (χ0v) is 26.2. The third-order valence-corrected chi connectivity index (χ3v) is 13.6. The molecule has 17 heteroatoms. The highest BCUT2D eigenvalue weighted by Crippen LogP contribution is 2.57. The number of hydrogen-bond donors (Lipinski definition) is 0. The van der Waals surface area contributed by atoms with E-state index in [1.165, 1.54) is 9.21 Å². The number of fused-ring (bicyclic) bond motifs is 3. The summed E-state index contributed by atoms with van der Waals surface area (Å²) >= 11 is 0. The number of carbonyl (C=O) groups excluding carboxylic acids is 1. The quantitative estimate of drug-likeness (QED) is 0.308. The molecule has 254 valence electrons. The molecule has 0 aromatic heterocycles. The van der Waals surface area contributed by atoms with Crippen molar-refractivity contribution in [2.75, 3.05) is 25.9 Å². The number of alkyl halides is 7. The predicted molar refractivity (Wildman–Crippen MR) is 149 cm³/mol. The average Bonchev–Trinajstić information content (AvgIpc) is 3.36. The van der Waals surface area contributed by atoms with Crippen LogP contribution in [-0.2, 0) is 41.5 Å². The van der Waals surface area contributed by atoms with E-state index in [-0.39, 0.29) is 73.8 Å². The van der Waals surface area contributed by atoms with E-state index in [0.717, 1.165) is 36.6 Å². The van der Waals surface area contributed by atoms with Gasteiger partial charge in [0.15, 0.2) is 9.84 Å². The number of halogens is 8. The van der Waals surface area contributed by atoms with E-state index in [4.69, 9.17) is 0 Å². The Morgan fingerprint density at radius 3 is 1.93 bits per heavy atom. The van der Waals surface area contributed by atoms with Gasteiger partial charge in [-0.25, -0.2) is 29.9 Å². The Morgan fingerprint density at radius 2 is 1.41 bits per heavy atom. The minimum absolute atomic E-state index is 0.0353. The highest BCUT2D eigenvalue weighted by atomic mass is 32.2. The lowest BCUT2D eigenvalue weighted by Crippen LogP contribution is -2.56. The van der Waals surface area contributed by atoms with Gasteiger partial charge >= 0.3 is 18.0 Å². The fourth-order valence-corrected chi connectivity index (χ4v) is 10.4. The standard InChI is InChI=1S/C29H30F8N2O5S2/c1-25(11-14-38(15-12-25)45(2,41)42)24(40)39-16-13-26(46(43,44)21-7-5-20(30)6-8-21)22-9-4-19(17-18(22)3-10-23(26)39)27(31,28(32,33)34)29(35,36)37/h4-9,17,23H,3,10-16H2,1-2H3/t23-,26-/m1/s1. The van der Waals surface area contributed by atoms with E-state index in [1.807, 2.05) is 0 Å². The first kappa shape index (κ1) is 34.5. The van der Waals surface area contributed by atoms with Gasteiger partial charge in [0.1, 0.15) is 10.6 Å². The van der Waals surface area contributed by atoms with E-state index in [9.17, 15) is 52.4 Å². The molecule has 2 atom stereocenters. The van der Waals surface area contributed by atoms with Gasteiger partial charge in [0.05, 0.1) is 17.2 Å². The molecule has 2 heterocycles. The monoisotopic (exact) mass is 702 g/mol. The van der Waals surface area contributed by atoms with Crippen LogP contribution in [0.2, 0.25) is 0 Å². The Labute approximate surface area is 260 Å². The van der Waals surface area contributed by atoms with Crippen LogP contribution in [-0.4, -0.2) is 76.2 Å². The number of sulfone groups is 1. The van der Waals surface area contributed by atoms with Gasteiger partial charge in [0.2, 0.25) is 15.9 Å². The first-order valence-corrected chi connectivity index (χ1v) is 17.6. The molecule has 0 saturated carbocycles. The topological polar surface area (TPSA) is 91.8 Å². The molecule has 7 nitrogen and oxygen atoms in total. The predicted octanol–water partition coefficient (Wildman–Crippen LogP) is 5.39. The molecule has 0 spiro atoms. The molecule has 46 heavy (non-hydrogen) atoms. The minimum atomic E-state index is -6.38. The maximum atomic E-state index is 15.0. The van der Waals surface area contributed by atoms with Gasteiger partial charge in [0, 0.05) is 30.6 Å². The summed E-state index contributed by atoms with van der Waals surface area (Å²) in [6, 6.07) is 3.99. The molecular weight excluding hydrogens is 672 g/mol. The summed E-state index contributed by atoms with van der Waals surface area (Å²) in [6.07, 6.45) is -12.3. The Kier molecular flexibility index (Phi) is 8.16. The molecule has 5 rings (SSSR count). The van der Waals surface area contributed by atoms with Crippen molar-refractivity contribution in [2.24, 2.45) is 5.41 Å². The number of carbonyl (C=O) groups is 1. The van der Waals surface area contributed by atoms with Crippen LogP contribution in [0.3, 0.4) is 0 Å². The summed E-state index contributed by atoms with van der Waals surface area (Å²) in [5, 5.41) is 0. The van der Waals surface area contributed by atoms with Crippen molar-refractivity contribution in [2.45, 2.75) is 72.7 Å². The van der Waals surface area contributed by atoms with Crippen molar-refractivity contribution < 1.29 is 56.8 Å². The largest absolute Gasteiger partial charge is 0.435 e. The molecular formula is C29H30F8N2O5S2. The molecule has 0 unspecified atom stereocenters. The SMILES string of the molecule is CC1(C(=O)N2CC[C@@]3(S(=O)(=O)c4ccc(F)cc4)c4ccc(C(F)(C(F)(F)F)C(F)(F)F)cc4CC[C@@H]23)CCN(S(C)(=O)=O)CC1. The fourth-order valence-electron chi connectivity index (χ4n) is 7.17. The van der Waals surface area contributed by atoms with Crippen molar-refractivity contribution in [1.29, 1.82) is 0 Å². The van der Waals surface area contributed by atoms with Crippen LogP contribution < -0.4 is 0 Å². The molecule has 0 N–H and O–H groups in total. The second kappa shape index (κ2) is 10.9. The fraction of sp³-hybridized carbons (Fsp3) is 0.552. The molecule has 2 aromatic rings. The summed E-state index contributed by atoms with van der Waals surface area (Å²) in [7, 11) is -8.16. The van der Waals surface area contributed by atoms with Crippen LogP contribution in [0.4, 0.5) is 35.1 Å². The molecule has 1 amide bonds. The van der Waals surface area contributed by atoms with Gasteiger partial charge < -0.3 is 4.90 Å². The number of amides is 1. The number of likely N-dealkylation sites (tertiary alicyclic amines) is 1. The second-order valence-electron chi connectivity index (χ2n) is 12.4. The Bertz CT molecular complexity index is 1740. The number of aryl methyl sites for hydroxylation is 1. The summed E-state index contributed by atoms with van der Waals surface area (Å²) < 4.78 is 162. The Balaban J connectivity index is 1.63. The van der Waals surface area contributed by atoms with E-state index in [1.54, 1.807) is 6.92 Å². The van der Waals surface area contributed by atoms with Crippen molar-refractivity contribution in [1.82, 2.24) is 9.21 Å². The molecule has 2 aliphatic heterocycles. The van der Waals surface area contributed by atoms with Crippen molar-refractivity contribution in [3.05, 3.63) is 65.0 Å². The van der Waals surface area contributed by atoms with Crippen molar-refractivity contribution in [3.8, 4) is 0 Å². The number of nitrogens with zero attached hydrogens (tertiary/aromatic N) is 2. The third kappa shape index (κ3) is 5.11.